The van der Waals surface area contributed by atoms with Gasteiger partial charge in [-0.2, -0.15) is 0 Å². The molecule has 0 nitrogen and oxygen atoms in total. The Morgan fingerprint density at radius 2 is 1.56 bits per heavy atom. The van der Waals surface area contributed by atoms with Crippen molar-refractivity contribution >= 4 is 59.1 Å². The molecule has 2 aromatic rings. The van der Waals surface area contributed by atoms with Crippen LogP contribution in [-0.4, -0.2) is 0 Å². The van der Waals surface area contributed by atoms with Gasteiger partial charge >= 0.3 is 0 Å². The molecular formula is C11H4Br3F3S. The third-order valence-corrected chi connectivity index (χ3v) is 5.59. The minimum Gasteiger partial charge on any atom is -0.207 e. The van der Waals surface area contributed by atoms with Gasteiger partial charge in [0.1, 0.15) is 17.5 Å². The van der Waals surface area contributed by atoms with E-state index >= 15 is 0 Å². The van der Waals surface area contributed by atoms with E-state index in [-0.39, 0.29) is 5.56 Å². The van der Waals surface area contributed by atoms with E-state index in [0.717, 1.165) is 7.57 Å². The average molecular weight is 465 g/mol. The first-order valence-electron chi connectivity index (χ1n) is 4.63. The Bertz CT molecular complexity index is 574. The van der Waals surface area contributed by atoms with Crippen molar-refractivity contribution in [1.29, 1.82) is 0 Å². The minimum atomic E-state index is -0.931. The van der Waals surface area contributed by atoms with E-state index in [9.17, 15) is 13.2 Å². The first kappa shape index (κ1) is 14.6. The van der Waals surface area contributed by atoms with Crippen LogP contribution in [0.4, 0.5) is 13.2 Å². The third kappa shape index (κ3) is 2.84. The molecule has 0 aliphatic rings. The second kappa shape index (κ2) is 5.64. The van der Waals surface area contributed by atoms with Crippen LogP contribution in [0, 0.1) is 17.5 Å². The van der Waals surface area contributed by atoms with Crippen molar-refractivity contribution in [3.8, 4) is 0 Å². The quantitative estimate of drug-likeness (QED) is 0.466. The third-order valence-electron chi connectivity index (χ3n) is 2.25. The Labute approximate surface area is 131 Å². The number of hydrogen-bond donors (Lipinski definition) is 0. The number of halogens is 6. The molecule has 0 radical (unpaired) electrons. The van der Waals surface area contributed by atoms with Crippen LogP contribution in [0.5, 0.6) is 0 Å². The van der Waals surface area contributed by atoms with Gasteiger partial charge in [-0.15, -0.1) is 11.3 Å². The number of benzene rings is 1. The van der Waals surface area contributed by atoms with Gasteiger partial charge in [0.15, 0.2) is 0 Å². The zero-order chi connectivity index (χ0) is 13.4. The van der Waals surface area contributed by atoms with E-state index in [4.69, 9.17) is 0 Å². The van der Waals surface area contributed by atoms with Gasteiger partial charge in [0, 0.05) is 17.7 Å². The molecule has 0 aliphatic heterocycles. The largest absolute Gasteiger partial charge is 0.207 e. The van der Waals surface area contributed by atoms with Gasteiger partial charge in [-0.1, -0.05) is 15.9 Å². The highest BCUT2D eigenvalue weighted by Crippen LogP contribution is 2.43. The van der Waals surface area contributed by atoms with Crippen LogP contribution in [0.1, 0.15) is 16.0 Å². The van der Waals surface area contributed by atoms with E-state index in [1.807, 2.05) is 0 Å². The summed E-state index contributed by atoms with van der Waals surface area (Å²) < 4.78 is 41.7. The van der Waals surface area contributed by atoms with E-state index in [1.165, 1.54) is 11.3 Å². The van der Waals surface area contributed by atoms with Gasteiger partial charge in [-0.25, -0.2) is 13.2 Å². The molecule has 0 N–H and O–H groups in total. The maximum atomic E-state index is 13.7. The van der Waals surface area contributed by atoms with Gasteiger partial charge in [0.25, 0.3) is 0 Å². The SMILES string of the molecule is Fc1cc(F)c(C(Br)c2cc(Br)sc2Br)c(F)c1. The van der Waals surface area contributed by atoms with E-state index in [0.29, 0.717) is 17.7 Å². The summed E-state index contributed by atoms with van der Waals surface area (Å²) in [5.41, 5.74) is 0.471. The molecule has 1 aromatic carbocycles. The second-order valence-corrected chi connectivity index (χ2v) is 8.09. The van der Waals surface area contributed by atoms with Gasteiger partial charge in [0.2, 0.25) is 0 Å². The van der Waals surface area contributed by atoms with Crippen molar-refractivity contribution in [2.45, 2.75) is 4.83 Å². The van der Waals surface area contributed by atoms with Crippen LogP contribution in [0.3, 0.4) is 0 Å². The summed E-state index contributed by atoms with van der Waals surface area (Å²) >= 11 is 11.2. The molecule has 18 heavy (non-hydrogen) atoms. The van der Waals surface area contributed by atoms with Gasteiger partial charge in [0.05, 0.1) is 12.4 Å². The molecule has 0 aliphatic carbocycles. The molecule has 0 saturated carbocycles. The van der Waals surface area contributed by atoms with Crippen molar-refractivity contribution in [3.63, 3.8) is 0 Å². The first-order chi connectivity index (χ1) is 8.40. The Kier molecular flexibility index (Phi) is 4.57. The summed E-state index contributed by atoms with van der Waals surface area (Å²) in [5.74, 6) is -2.76. The predicted octanol–water partition coefficient (Wildman–Crippen LogP) is 6.17. The van der Waals surface area contributed by atoms with E-state index < -0.39 is 22.3 Å². The molecule has 0 amide bonds. The van der Waals surface area contributed by atoms with Crippen LogP contribution in [0.25, 0.3) is 0 Å². The topological polar surface area (TPSA) is 0 Å². The molecule has 0 fully saturated rings. The molecule has 0 bridgehead atoms. The number of rotatable bonds is 2. The standard InChI is InChI=1S/C11H4Br3F3S/c12-8-3-5(11(14)18-8)10(13)9-6(16)1-4(15)2-7(9)17/h1-3,10H. The first-order valence-corrected chi connectivity index (χ1v) is 7.95. The highest BCUT2D eigenvalue weighted by Gasteiger charge is 2.23. The fourth-order valence-electron chi connectivity index (χ4n) is 1.48. The smallest absolute Gasteiger partial charge is 0.133 e. The second-order valence-electron chi connectivity index (χ2n) is 3.43. The van der Waals surface area contributed by atoms with Crippen molar-refractivity contribution in [3.05, 3.63) is 54.4 Å². The Hall–Kier alpha value is 0.150. The summed E-state index contributed by atoms with van der Waals surface area (Å²) in [7, 11) is 0. The zero-order valence-corrected chi connectivity index (χ0v) is 14.1. The summed E-state index contributed by atoms with van der Waals surface area (Å²) in [6.45, 7) is 0. The average Bonchev–Trinajstić information content (AvgIpc) is 2.56. The normalized spacial score (nSPS) is 12.8. The van der Waals surface area contributed by atoms with Gasteiger partial charge < -0.3 is 0 Å². The lowest BCUT2D eigenvalue weighted by atomic mass is 10.1. The lowest BCUT2D eigenvalue weighted by Crippen LogP contribution is -2.01. The van der Waals surface area contributed by atoms with Crippen LogP contribution >= 0.6 is 59.1 Å². The van der Waals surface area contributed by atoms with Crippen LogP contribution in [0.15, 0.2) is 25.8 Å². The van der Waals surface area contributed by atoms with Crippen molar-refractivity contribution in [1.82, 2.24) is 0 Å². The molecular weight excluding hydrogens is 461 g/mol. The number of hydrogen-bond acceptors (Lipinski definition) is 1. The zero-order valence-electron chi connectivity index (χ0n) is 8.49. The molecule has 1 aromatic heterocycles. The maximum absolute atomic E-state index is 13.7. The fourth-order valence-corrected chi connectivity index (χ4v) is 5.64. The summed E-state index contributed by atoms with van der Waals surface area (Å²) in [5, 5.41) is 0. The molecule has 1 atom stereocenters. The van der Waals surface area contributed by atoms with E-state index in [2.05, 4.69) is 47.8 Å². The lowest BCUT2D eigenvalue weighted by Gasteiger charge is -2.12. The lowest BCUT2D eigenvalue weighted by molar-refractivity contribution is 0.527. The molecule has 0 spiro atoms. The molecule has 1 heterocycles. The highest BCUT2D eigenvalue weighted by molar-refractivity contribution is 9.12. The Balaban J connectivity index is 2.52. The van der Waals surface area contributed by atoms with Crippen molar-refractivity contribution in [2.24, 2.45) is 0 Å². The van der Waals surface area contributed by atoms with Crippen LogP contribution in [0.2, 0.25) is 0 Å². The molecule has 96 valence electrons. The minimum absolute atomic E-state index is 0.206. The Morgan fingerprint density at radius 1 is 1.00 bits per heavy atom. The number of alkyl halides is 1. The van der Waals surface area contributed by atoms with Gasteiger partial charge in [-0.05, 0) is 43.5 Å². The number of thiophene rings is 1. The fraction of sp³-hybridized carbons (Fsp3) is 0.0909. The summed E-state index contributed by atoms with van der Waals surface area (Å²) in [6.07, 6.45) is 0. The highest BCUT2D eigenvalue weighted by atomic mass is 79.9. The van der Waals surface area contributed by atoms with Crippen LogP contribution < -0.4 is 0 Å². The summed E-state index contributed by atoms with van der Waals surface area (Å²) in [6, 6.07) is 3.08. The van der Waals surface area contributed by atoms with Crippen molar-refractivity contribution < 1.29 is 13.2 Å². The van der Waals surface area contributed by atoms with Crippen molar-refractivity contribution in [2.75, 3.05) is 0 Å². The molecule has 1 unspecified atom stereocenters. The van der Waals surface area contributed by atoms with E-state index in [1.54, 1.807) is 6.07 Å². The molecule has 7 heteroatoms. The predicted molar refractivity (Wildman–Crippen MR) is 76.8 cm³/mol. The monoisotopic (exact) mass is 462 g/mol. The maximum Gasteiger partial charge on any atom is 0.133 e. The van der Waals surface area contributed by atoms with Gasteiger partial charge in [-0.3, -0.25) is 0 Å². The summed E-state index contributed by atoms with van der Waals surface area (Å²) in [4.78, 5) is -0.685. The molecule has 0 saturated heterocycles. The Morgan fingerprint density at radius 3 is 2.00 bits per heavy atom. The van der Waals surface area contributed by atoms with Crippen LogP contribution in [-0.2, 0) is 0 Å². The molecule has 2 rings (SSSR count).